The summed E-state index contributed by atoms with van der Waals surface area (Å²) in [6, 6.07) is 6.51. The minimum atomic E-state index is -3.45. The number of likely N-dealkylation sites (N-methyl/N-ethyl adjacent to an activating group) is 1. The summed E-state index contributed by atoms with van der Waals surface area (Å²) in [4.78, 5) is 14.9. The van der Waals surface area contributed by atoms with Gasteiger partial charge in [0.05, 0.1) is 4.90 Å². The zero-order chi connectivity index (χ0) is 19.2. The Morgan fingerprint density at radius 3 is 2.23 bits per heavy atom. The van der Waals surface area contributed by atoms with E-state index in [1.807, 2.05) is 0 Å². The highest BCUT2D eigenvalue weighted by atomic mass is 32.2. The number of sulfonamides is 1. The highest BCUT2D eigenvalue weighted by Gasteiger charge is 2.26. The third-order valence-corrected chi connectivity index (χ3v) is 6.98. The molecule has 1 fully saturated rings. The molecule has 1 heterocycles. The van der Waals surface area contributed by atoms with Gasteiger partial charge in [-0.2, -0.15) is 4.31 Å². The number of hydrogen-bond acceptors (Lipinski definition) is 4. The second kappa shape index (κ2) is 9.48. The van der Waals surface area contributed by atoms with Crippen molar-refractivity contribution in [3.63, 3.8) is 0 Å². The van der Waals surface area contributed by atoms with E-state index in [-0.39, 0.29) is 16.8 Å². The molecule has 1 amide bonds. The fourth-order valence-corrected chi connectivity index (χ4v) is 4.87. The largest absolute Gasteiger partial charge is 0.350 e. The average Bonchev–Trinajstić information content (AvgIpc) is 2.68. The summed E-state index contributed by atoms with van der Waals surface area (Å²) >= 11 is 0. The van der Waals surface area contributed by atoms with Gasteiger partial charge in [-0.1, -0.05) is 20.3 Å². The molecule has 1 aliphatic rings. The topological polar surface area (TPSA) is 69.7 Å². The lowest BCUT2D eigenvalue weighted by molar-refractivity contribution is 0.0938. The molecule has 0 spiro atoms. The molecule has 1 N–H and O–H groups in total. The molecule has 1 atom stereocenters. The molecule has 1 saturated heterocycles. The lowest BCUT2D eigenvalue weighted by Gasteiger charge is -2.26. The maximum atomic E-state index is 12.6. The molecule has 26 heavy (non-hydrogen) atoms. The molecular formula is C19H31N3O3S. The minimum Gasteiger partial charge on any atom is -0.350 e. The first-order valence-electron chi connectivity index (χ1n) is 9.52. The van der Waals surface area contributed by atoms with Gasteiger partial charge in [0.25, 0.3) is 5.91 Å². The van der Waals surface area contributed by atoms with Gasteiger partial charge in [-0.05, 0) is 57.1 Å². The summed E-state index contributed by atoms with van der Waals surface area (Å²) < 4.78 is 26.8. The number of rotatable bonds is 8. The van der Waals surface area contributed by atoms with Gasteiger partial charge in [-0.3, -0.25) is 9.69 Å². The second-order valence-electron chi connectivity index (χ2n) is 6.77. The Morgan fingerprint density at radius 1 is 1.12 bits per heavy atom. The van der Waals surface area contributed by atoms with Gasteiger partial charge < -0.3 is 5.32 Å². The fraction of sp³-hybridized carbons (Fsp3) is 0.632. The molecule has 1 aliphatic heterocycles. The van der Waals surface area contributed by atoms with Crippen LogP contribution in [0.5, 0.6) is 0 Å². The predicted octanol–water partition coefficient (Wildman–Crippen LogP) is 2.32. The van der Waals surface area contributed by atoms with E-state index in [0.717, 1.165) is 32.4 Å². The van der Waals surface area contributed by atoms with Crippen LogP contribution in [0.1, 0.15) is 50.4 Å². The maximum absolute atomic E-state index is 12.6. The van der Waals surface area contributed by atoms with Gasteiger partial charge in [-0.15, -0.1) is 0 Å². The van der Waals surface area contributed by atoms with Gasteiger partial charge >= 0.3 is 0 Å². The fourth-order valence-electron chi connectivity index (χ4n) is 3.35. The van der Waals surface area contributed by atoms with Crippen LogP contribution in [-0.2, 0) is 10.0 Å². The summed E-state index contributed by atoms with van der Waals surface area (Å²) in [6.07, 6.45) is 2.89. The molecule has 0 radical (unpaired) electrons. The summed E-state index contributed by atoms with van der Waals surface area (Å²) in [7, 11) is -3.45. The van der Waals surface area contributed by atoms with Gasteiger partial charge in [0.2, 0.25) is 10.0 Å². The maximum Gasteiger partial charge on any atom is 0.251 e. The average molecular weight is 382 g/mol. The van der Waals surface area contributed by atoms with Crippen molar-refractivity contribution >= 4 is 15.9 Å². The molecule has 0 aromatic heterocycles. The standard InChI is InChI=1S/C19H31N3O3S/c1-4-21(5-2)16(3)15-20-19(23)17-9-11-18(12-10-17)26(24,25)22-13-7-6-8-14-22/h9-12,16H,4-8,13-15H2,1-3H3,(H,20,23). The Hall–Kier alpha value is -1.44. The monoisotopic (exact) mass is 381 g/mol. The number of carbonyl (C=O) groups is 1. The molecule has 0 aliphatic carbocycles. The molecule has 0 saturated carbocycles. The smallest absolute Gasteiger partial charge is 0.251 e. The van der Waals surface area contributed by atoms with E-state index in [4.69, 9.17) is 0 Å². The normalized spacial score (nSPS) is 17.2. The number of benzene rings is 1. The molecule has 1 unspecified atom stereocenters. The Balaban J connectivity index is 1.99. The highest BCUT2D eigenvalue weighted by molar-refractivity contribution is 7.89. The van der Waals surface area contributed by atoms with Gasteiger partial charge in [0.15, 0.2) is 0 Å². The van der Waals surface area contributed by atoms with Crippen LogP contribution < -0.4 is 5.32 Å². The molecule has 7 heteroatoms. The van der Waals surface area contributed by atoms with E-state index in [0.29, 0.717) is 25.2 Å². The first kappa shape index (κ1) is 20.9. The summed E-state index contributed by atoms with van der Waals surface area (Å²) in [5.41, 5.74) is 0.481. The van der Waals surface area contributed by atoms with Crippen molar-refractivity contribution in [3.8, 4) is 0 Å². The van der Waals surface area contributed by atoms with Crippen LogP contribution in [0.4, 0.5) is 0 Å². The third kappa shape index (κ3) is 5.05. The van der Waals surface area contributed by atoms with Gasteiger partial charge in [0, 0.05) is 31.2 Å². The molecule has 2 rings (SSSR count). The van der Waals surface area contributed by atoms with Crippen LogP contribution in [-0.4, -0.2) is 62.3 Å². The van der Waals surface area contributed by atoms with Crippen LogP contribution in [0.25, 0.3) is 0 Å². The van der Waals surface area contributed by atoms with Crippen molar-refractivity contribution in [1.82, 2.24) is 14.5 Å². The van der Waals surface area contributed by atoms with Gasteiger partial charge in [0.1, 0.15) is 0 Å². The van der Waals surface area contributed by atoms with Gasteiger partial charge in [-0.25, -0.2) is 8.42 Å². The first-order chi connectivity index (χ1) is 12.4. The quantitative estimate of drug-likeness (QED) is 0.750. The number of nitrogens with zero attached hydrogens (tertiary/aromatic N) is 2. The Morgan fingerprint density at radius 2 is 1.69 bits per heavy atom. The van der Waals surface area contributed by atoms with Crippen molar-refractivity contribution in [1.29, 1.82) is 0 Å². The Labute approximate surface area is 157 Å². The minimum absolute atomic E-state index is 0.175. The van der Waals surface area contributed by atoms with Crippen LogP contribution in [0.15, 0.2) is 29.2 Å². The third-order valence-electron chi connectivity index (χ3n) is 5.06. The van der Waals surface area contributed by atoms with E-state index < -0.39 is 10.0 Å². The zero-order valence-corrected chi connectivity index (χ0v) is 16.9. The highest BCUT2D eigenvalue weighted by Crippen LogP contribution is 2.20. The van der Waals surface area contributed by atoms with Crippen LogP contribution in [0.2, 0.25) is 0 Å². The molecule has 146 valence electrons. The van der Waals surface area contributed by atoms with Crippen molar-refractivity contribution in [2.45, 2.75) is 51.0 Å². The van der Waals surface area contributed by atoms with Crippen molar-refractivity contribution in [3.05, 3.63) is 29.8 Å². The lowest BCUT2D eigenvalue weighted by atomic mass is 10.2. The van der Waals surface area contributed by atoms with E-state index in [1.165, 1.54) is 16.4 Å². The molecular weight excluding hydrogens is 350 g/mol. The van der Waals surface area contributed by atoms with Crippen LogP contribution in [0, 0.1) is 0 Å². The summed E-state index contributed by atoms with van der Waals surface area (Å²) in [6.45, 7) is 9.89. The van der Waals surface area contributed by atoms with E-state index >= 15 is 0 Å². The van der Waals surface area contributed by atoms with Crippen molar-refractivity contribution in [2.75, 3.05) is 32.7 Å². The first-order valence-corrected chi connectivity index (χ1v) is 11.0. The van der Waals surface area contributed by atoms with E-state index in [2.05, 4.69) is 31.0 Å². The molecule has 6 nitrogen and oxygen atoms in total. The summed E-state index contributed by atoms with van der Waals surface area (Å²) in [5.74, 6) is -0.175. The summed E-state index contributed by atoms with van der Waals surface area (Å²) in [5, 5.41) is 2.93. The zero-order valence-electron chi connectivity index (χ0n) is 16.1. The number of amides is 1. The number of nitrogens with one attached hydrogen (secondary N) is 1. The lowest BCUT2D eigenvalue weighted by Crippen LogP contribution is -2.42. The Bertz CT molecular complexity index is 678. The predicted molar refractivity (Wildman–Crippen MR) is 104 cm³/mol. The van der Waals surface area contributed by atoms with Crippen LogP contribution >= 0.6 is 0 Å². The van der Waals surface area contributed by atoms with Crippen molar-refractivity contribution < 1.29 is 13.2 Å². The number of hydrogen-bond donors (Lipinski definition) is 1. The number of carbonyl (C=O) groups excluding carboxylic acids is 1. The molecule has 1 aromatic carbocycles. The SMILES string of the molecule is CCN(CC)C(C)CNC(=O)c1ccc(S(=O)(=O)N2CCCCC2)cc1. The van der Waals surface area contributed by atoms with E-state index in [9.17, 15) is 13.2 Å². The molecule has 0 bridgehead atoms. The number of piperidine rings is 1. The van der Waals surface area contributed by atoms with Crippen LogP contribution in [0.3, 0.4) is 0 Å². The Kier molecular flexibility index (Phi) is 7.61. The van der Waals surface area contributed by atoms with Crippen molar-refractivity contribution in [2.24, 2.45) is 0 Å². The second-order valence-corrected chi connectivity index (χ2v) is 8.71. The van der Waals surface area contributed by atoms with E-state index in [1.54, 1.807) is 12.1 Å². The molecule has 1 aromatic rings.